The van der Waals surface area contributed by atoms with E-state index in [1.165, 1.54) is 0 Å². The number of hydrogen-bond acceptors (Lipinski definition) is 5. The van der Waals surface area contributed by atoms with Gasteiger partial charge in [0.05, 0.1) is 12.1 Å². The maximum absolute atomic E-state index is 11.8. The molecule has 2 atom stereocenters. The second-order valence-electron chi connectivity index (χ2n) is 5.48. The topological polar surface area (TPSA) is 113 Å². The van der Waals surface area contributed by atoms with E-state index in [0.717, 1.165) is 5.56 Å². The quantitative estimate of drug-likeness (QED) is 0.622. The van der Waals surface area contributed by atoms with Crippen LogP contribution < -0.4 is 5.32 Å². The van der Waals surface area contributed by atoms with E-state index in [1.54, 1.807) is 26.0 Å². The summed E-state index contributed by atoms with van der Waals surface area (Å²) >= 11 is 0. The minimum Gasteiger partial charge on any atom is -0.475 e. The number of amides is 1. The number of aliphatic hydroxyl groups is 1. The molecule has 0 aromatic heterocycles. The van der Waals surface area contributed by atoms with Crippen LogP contribution in [0.4, 0.5) is 4.79 Å². The first-order chi connectivity index (χ1) is 10.8. The zero-order valence-corrected chi connectivity index (χ0v) is 13.1. The minimum atomic E-state index is -1.61. The second-order valence-corrected chi connectivity index (χ2v) is 5.48. The number of carboxylic acid groups (broad SMARTS) is 1. The zero-order valence-electron chi connectivity index (χ0n) is 13.1. The van der Waals surface area contributed by atoms with E-state index in [1.807, 2.05) is 18.2 Å². The summed E-state index contributed by atoms with van der Waals surface area (Å²) in [7, 11) is 0. The average Bonchev–Trinajstić information content (AvgIpc) is 2.51. The fraction of sp³-hybridized carbons (Fsp3) is 0.438. The van der Waals surface area contributed by atoms with E-state index in [0.29, 0.717) is 0 Å². The third-order valence-corrected chi connectivity index (χ3v) is 3.26. The number of alkyl carbamates (subject to hydrolysis) is 1. The third-order valence-electron chi connectivity index (χ3n) is 3.26. The van der Waals surface area contributed by atoms with Gasteiger partial charge < -0.3 is 20.3 Å². The summed E-state index contributed by atoms with van der Waals surface area (Å²) in [4.78, 5) is 33.5. The molecule has 0 heterocycles. The maximum Gasteiger partial charge on any atom is 0.407 e. The number of carboxylic acids is 1. The standard InChI is InChI=1S/C16H21NO6/c1-10(2)14(12(18)8-13(19)15(20)21)17-16(22)23-9-11-6-4-3-5-7-11/h3-7,10,12,14,18H,8-9H2,1-2H3,(H,17,22)(H,20,21)/t12-,14+/m0/s1. The van der Waals surface area contributed by atoms with Crippen molar-refractivity contribution in [3.63, 3.8) is 0 Å². The number of carbonyl (C=O) groups excluding carboxylic acids is 2. The van der Waals surface area contributed by atoms with Crippen LogP contribution in [0, 0.1) is 5.92 Å². The van der Waals surface area contributed by atoms with Crippen molar-refractivity contribution in [1.29, 1.82) is 0 Å². The Labute approximate surface area is 134 Å². The molecule has 0 unspecified atom stereocenters. The Hall–Kier alpha value is -2.41. The van der Waals surface area contributed by atoms with Crippen molar-refractivity contribution in [2.45, 2.75) is 39.0 Å². The first kappa shape index (κ1) is 18.6. The number of aliphatic hydroxyl groups excluding tert-OH is 1. The molecule has 0 aliphatic carbocycles. The summed E-state index contributed by atoms with van der Waals surface area (Å²) in [5, 5.41) is 21.0. The first-order valence-electron chi connectivity index (χ1n) is 7.22. The van der Waals surface area contributed by atoms with Gasteiger partial charge in [-0.15, -0.1) is 0 Å². The number of carbonyl (C=O) groups is 3. The van der Waals surface area contributed by atoms with Gasteiger partial charge >= 0.3 is 12.1 Å². The lowest BCUT2D eigenvalue weighted by Gasteiger charge is -2.26. The number of nitrogens with one attached hydrogen (secondary N) is 1. The van der Waals surface area contributed by atoms with Crippen LogP contribution in [0.5, 0.6) is 0 Å². The second kappa shape index (κ2) is 8.89. The van der Waals surface area contributed by atoms with Crippen molar-refractivity contribution in [2.24, 2.45) is 5.92 Å². The molecule has 23 heavy (non-hydrogen) atoms. The van der Waals surface area contributed by atoms with Crippen molar-refractivity contribution >= 4 is 17.8 Å². The average molecular weight is 323 g/mol. The molecule has 0 saturated heterocycles. The van der Waals surface area contributed by atoms with Gasteiger partial charge in [-0.1, -0.05) is 44.2 Å². The lowest BCUT2D eigenvalue weighted by molar-refractivity contribution is -0.150. The highest BCUT2D eigenvalue weighted by Gasteiger charge is 2.28. The predicted octanol–water partition coefficient (Wildman–Crippen LogP) is 1.34. The van der Waals surface area contributed by atoms with Crippen molar-refractivity contribution < 1.29 is 29.3 Å². The number of hydrogen-bond donors (Lipinski definition) is 3. The molecule has 0 bridgehead atoms. The highest BCUT2D eigenvalue weighted by Crippen LogP contribution is 2.11. The van der Waals surface area contributed by atoms with E-state index < -0.39 is 36.4 Å². The van der Waals surface area contributed by atoms with Gasteiger partial charge in [-0.05, 0) is 11.5 Å². The van der Waals surface area contributed by atoms with Crippen LogP contribution in [-0.2, 0) is 20.9 Å². The summed E-state index contributed by atoms with van der Waals surface area (Å²) < 4.78 is 5.05. The van der Waals surface area contributed by atoms with Crippen molar-refractivity contribution in [3.8, 4) is 0 Å². The Kier molecular flexibility index (Phi) is 7.21. The highest BCUT2D eigenvalue weighted by molar-refractivity contribution is 6.32. The number of ether oxygens (including phenoxy) is 1. The molecule has 7 heteroatoms. The molecule has 7 nitrogen and oxygen atoms in total. The lowest BCUT2D eigenvalue weighted by atomic mass is 9.95. The molecule has 0 spiro atoms. The molecule has 3 N–H and O–H groups in total. The van der Waals surface area contributed by atoms with E-state index in [2.05, 4.69) is 5.32 Å². The van der Waals surface area contributed by atoms with Gasteiger partial charge in [0.1, 0.15) is 6.61 Å². The number of ketones is 1. The van der Waals surface area contributed by atoms with E-state index >= 15 is 0 Å². The molecule has 1 aromatic carbocycles. The normalized spacial score (nSPS) is 13.2. The summed E-state index contributed by atoms with van der Waals surface area (Å²) in [5.41, 5.74) is 0.811. The van der Waals surface area contributed by atoms with Crippen LogP contribution in [0.2, 0.25) is 0 Å². The summed E-state index contributed by atoms with van der Waals surface area (Å²) in [5.74, 6) is -2.93. The Bertz CT molecular complexity index is 543. The van der Waals surface area contributed by atoms with Gasteiger partial charge in [-0.2, -0.15) is 0 Å². The number of aliphatic carboxylic acids is 1. The molecule has 126 valence electrons. The van der Waals surface area contributed by atoms with Crippen LogP contribution in [0.15, 0.2) is 30.3 Å². The van der Waals surface area contributed by atoms with Crippen LogP contribution in [0.1, 0.15) is 25.8 Å². The highest BCUT2D eigenvalue weighted by atomic mass is 16.5. The van der Waals surface area contributed by atoms with Gasteiger partial charge in [0.15, 0.2) is 0 Å². The molecule has 1 rings (SSSR count). The number of benzene rings is 1. The summed E-state index contributed by atoms with van der Waals surface area (Å²) in [6, 6.07) is 8.28. The SMILES string of the molecule is CC(C)[C@@H](NC(=O)OCc1ccccc1)[C@@H](O)CC(=O)C(=O)O. The molecule has 0 fully saturated rings. The van der Waals surface area contributed by atoms with Crippen LogP contribution in [0.3, 0.4) is 0 Å². The van der Waals surface area contributed by atoms with Crippen LogP contribution in [0.25, 0.3) is 0 Å². The van der Waals surface area contributed by atoms with E-state index in [4.69, 9.17) is 9.84 Å². The Morgan fingerprint density at radius 2 is 1.78 bits per heavy atom. The van der Waals surface area contributed by atoms with Gasteiger partial charge in [0, 0.05) is 6.42 Å². The zero-order chi connectivity index (χ0) is 17.4. The largest absolute Gasteiger partial charge is 0.475 e. The molecule has 0 saturated carbocycles. The molecule has 0 aliphatic rings. The van der Waals surface area contributed by atoms with Crippen LogP contribution in [-0.4, -0.2) is 40.2 Å². The molecular formula is C16H21NO6. The van der Waals surface area contributed by atoms with Crippen molar-refractivity contribution in [3.05, 3.63) is 35.9 Å². The smallest absolute Gasteiger partial charge is 0.407 e. The molecular weight excluding hydrogens is 302 g/mol. The Morgan fingerprint density at radius 3 is 2.30 bits per heavy atom. The Balaban J connectivity index is 2.55. The summed E-state index contributed by atoms with van der Waals surface area (Å²) in [6.07, 6.45) is -2.62. The van der Waals surface area contributed by atoms with Gasteiger partial charge in [0.25, 0.3) is 0 Å². The number of rotatable bonds is 8. The van der Waals surface area contributed by atoms with Gasteiger partial charge in [-0.25, -0.2) is 9.59 Å². The Morgan fingerprint density at radius 1 is 1.17 bits per heavy atom. The van der Waals surface area contributed by atoms with E-state index in [9.17, 15) is 19.5 Å². The molecule has 0 aliphatic heterocycles. The first-order valence-corrected chi connectivity index (χ1v) is 7.22. The fourth-order valence-electron chi connectivity index (χ4n) is 2.01. The minimum absolute atomic E-state index is 0.0711. The molecule has 1 aromatic rings. The van der Waals surface area contributed by atoms with Crippen molar-refractivity contribution in [2.75, 3.05) is 0 Å². The monoisotopic (exact) mass is 323 g/mol. The predicted molar refractivity (Wildman–Crippen MR) is 81.7 cm³/mol. The molecule has 1 amide bonds. The van der Waals surface area contributed by atoms with Crippen molar-refractivity contribution in [1.82, 2.24) is 5.32 Å². The number of Topliss-reactive ketones (excluding diaryl/α,β-unsaturated/α-hetero) is 1. The lowest BCUT2D eigenvalue weighted by Crippen LogP contribution is -2.48. The summed E-state index contributed by atoms with van der Waals surface area (Å²) in [6.45, 7) is 3.54. The van der Waals surface area contributed by atoms with E-state index in [-0.39, 0.29) is 12.5 Å². The van der Waals surface area contributed by atoms with Gasteiger partial charge in [0.2, 0.25) is 5.78 Å². The third kappa shape index (κ3) is 6.48. The van der Waals surface area contributed by atoms with Gasteiger partial charge in [-0.3, -0.25) is 4.79 Å². The van der Waals surface area contributed by atoms with Crippen LogP contribution >= 0.6 is 0 Å². The maximum atomic E-state index is 11.8. The fourth-order valence-corrected chi connectivity index (χ4v) is 2.01. The molecule has 0 radical (unpaired) electrons.